The monoisotopic (exact) mass is 228 g/mol. The number of aromatic nitrogens is 2. The second-order valence-electron chi connectivity index (χ2n) is 3.77. The summed E-state index contributed by atoms with van der Waals surface area (Å²) in [5.41, 5.74) is 3.98. The van der Waals surface area contributed by atoms with Gasteiger partial charge in [-0.25, -0.2) is 4.98 Å². The fourth-order valence-electron chi connectivity index (χ4n) is 1.85. The predicted octanol–water partition coefficient (Wildman–Crippen LogP) is 2.27. The first-order valence-corrected chi connectivity index (χ1v) is 5.63. The van der Waals surface area contributed by atoms with Gasteiger partial charge in [0.15, 0.2) is 0 Å². The van der Waals surface area contributed by atoms with Gasteiger partial charge in [-0.05, 0) is 24.6 Å². The first-order valence-electron chi connectivity index (χ1n) is 5.63. The molecule has 17 heavy (non-hydrogen) atoms. The molecule has 0 unspecified atom stereocenters. The van der Waals surface area contributed by atoms with Crippen LogP contribution in [-0.4, -0.2) is 22.8 Å². The average molecular weight is 228 g/mol. The van der Waals surface area contributed by atoms with Crippen molar-refractivity contribution >= 4 is 22.8 Å². The van der Waals surface area contributed by atoms with Gasteiger partial charge in [-0.15, -0.1) is 0 Å². The highest BCUT2D eigenvalue weighted by Gasteiger charge is 2.04. The summed E-state index contributed by atoms with van der Waals surface area (Å²) < 4.78 is 2.10. The van der Waals surface area contributed by atoms with Crippen LogP contribution in [-0.2, 0) is 6.54 Å². The Kier molecular flexibility index (Phi) is 3.23. The number of nitrogens with one attached hydrogen (secondary N) is 2. The van der Waals surface area contributed by atoms with E-state index in [0.717, 1.165) is 28.7 Å². The SMILES string of the molecule is CCn1cnc2ccc(/C(C=N)=C/NC)cc21. The average Bonchev–Trinajstić information content (AvgIpc) is 2.77. The van der Waals surface area contributed by atoms with Gasteiger partial charge in [-0.2, -0.15) is 0 Å². The van der Waals surface area contributed by atoms with Gasteiger partial charge in [0.25, 0.3) is 0 Å². The molecule has 0 aliphatic rings. The van der Waals surface area contributed by atoms with Crippen LogP contribution in [0.3, 0.4) is 0 Å². The molecule has 0 atom stereocenters. The number of hydrogen-bond acceptors (Lipinski definition) is 3. The van der Waals surface area contributed by atoms with E-state index in [2.05, 4.69) is 27.9 Å². The van der Waals surface area contributed by atoms with E-state index < -0.39 is 0 Å². The quantitative estimate of drug-likeness (QED) is 0.789. The van der Waals surface area contributed by atoms with Crippen molar-refractivity contribution in [1.82, 2.24) is 14.9 Å². The molecule has 88 valence electrons. The molecule has 0 amide bonds. The highest BCUT2D eigenvalue weighted by atomic mass is 15.0. The van der Waals surface area contributed by atoms with Gasteiger partial charge in [-0.3, -0.25) is 0 Å². The highest BCUT2D eigenvalue weighted by Crippen LogP contribution is 2.19. The molecule has 2 N–H and O–H groups in total. The molecule has 1 heterocycles. The molecule has 0 saturated heterocycles. The summed E-state index contributed by atoms with van der Waals surface area (Å²) in [5.74, 6) is 0. The molecule has 0 fully saturated rings. The summed E-state index contributed by atoms with van der Waals surface area (Å²) >= 11 is 0. The number of hydrogen-bond donors (Lipinski definition) is 2. The van der Waals surface area contributed by atoms with Gasteiger partial charge >= 0.3 is 0 Å². The number of imidazole rings is 1. The maximum atomic E-state index is 7.41. The molecule has 0 aliphatic heterocycles. The smallest absolute Gasteiger partial charge is 0.0958 e. The second-order valence-corrected chi connectivity index (χ2v) is 3.77. The van der Waals surface area contributed by atoms with Gasteiger partial charge in [0.1, 0.15) is 0 Å². The number of nitrogens with zero attached hydrogens (tertiary/aromatic N) is 2. The molecule has 2 aromatic rings. The molecular formula is C13H16N4. The van der Waals surface area contributed by atoms with Crippen molar-refractivity contribution in [3.63, 3.8) is 0 Å². The first kappa shape index (κ1) is 11.4. The largest absolute Gasteiger partial charge is 0.393 e. The number of rotatable bonds is 4. The van der Waals surface area contributed by atoms with Gasteiger partial charge in [0.05, 0.1) is 17.4 Å². The summed E-state index contributed by atoms with van der Waals surface area (Å²) in [6.45, 7) is 2.99. The summed E-state index contributed by atoms with van der Waals surface area (Å²) in [6, 6.07) is 6.05. The number of allylic oxidation sites excluding steroid dienone is 1. The zero-order valence-electron chi connectivity index (χ0n) is 10.1. The van der Waals surface area contributed by atoms with Crippen LogP contribution in [0.15, 0.2) is 30.7 Å². The fraction of sp³-hybridized carbons (Fsp3) is 0.231. The van der Waals surface area contributed by atoms with Crippen molar-refractivity contribution in [3.05, 3.63) is 36.3 Å². The van der Waals surface area contributed by atoms with Crippen molar-refractivity contribution < 1.29 is 0 Å². The second kappa shape index (κ2) is 4.82. The topological polar surface area (TPSA) is 53.7 Å². The van der Waals surface area contributed by atoms with E-state index in [9.17, 15) is 0 Å². The van der Waals surface area contributed by atoms with E-state index in [1.54, 1.807) is 0 Å². The Labute approximate surface area is 100 Å². The van der Waals surface area contributed by atoms with Crippen LogP contribution in [0.25, 0.3) is 16.6 Å². The maximum Gasteiger partial charge on any atom is 0.0958 e. The third-order valence-corrected chi connectivity index (χ3v) is 2.75. The molecule has 4 nitrogen and oxygen atoms in total. The summed E-state index contributed by atoms with van der Waals surface area (Å²) in [4.78, 5) is 4.33. The van der Waals surface area contributed by atoms with Crippen molar-refractivity contribution in [2.75, 3.05) is 7.05 Å². The maximum absolute atomic E-state index is 7.41. The standard InChI is InChI=1S/C13H16N4/c1-3-17-9-16-12-5-4-10(6-13(12)17)11(7-14)8-15-2/h4-9,14-15H,3H2,1-2H3/b11-8+,14-7?. The lowest BCUT2D eigenvalue weighted by atomic mass is 10.1. The van der Waals surface area contributed by atoms with Crippen LogP contribution in [0, 0.1) is 5.41 Å². The van der Waals surface area contributed by atoms with E-state index in [1.165, 1.54) is 6.21 Å². The molecule has 1 aromatic carbocycles. The lowest BCUT2D eigenvalue weighted by molar-refractivity contribution is 0.787. The van der Waals surface area contributed by atoms with Crippen LogP contribution in [0.2, 0.25) is 0 Å². The Morgan fingerprint density at radius 2 is 2.35 bits per heavy atom. The normalized spacial score (nSPS) is 11.8. The third kappa shape index (κ3) is 2.06. The summed E-state index contributed by atoms with van der Waals surface area (Å²) in [5, 5.41) is 10.4. The molecule has 0 bridgehead atoms. The van der Waals surface area contributed by atoms with E-state index in [0.29, 0.717) is 0 Å². The molecule has 0 aliphatic carbocycles. The van der Waals surface area contributed by atoms with Gasteiger partial charge < -0.3 is 15.3 Å². The minimum Gasteiger partial charge on any atom is -0.393 e. The van der Waals surface area contributed by atoms with Crippen LogP contribution in [0.5, 0.6) is 0 Å². The number of benzene rings is 1. The fourth-order valence-corrected chi connectivity index (χ4v) is 1.85. The van der Waals surface area contributed by atoms with Crippen molar-refractivity contribution in [3.8, 4) is 0 Å². The molecular weight excluding hydrogens is 212 g/mol. The van der Waals surface area contributed by atoms with E-state index in [4.69, 9.17) is 5.41 Å². The Morgan fingerprint density at radius 1 is 1.53 bits per heavy atom. The van der Waals surface area contributed by atoms with Gasteiger partial charge in [-0.1, -0.05) is 6.07 Å². The van der Waals surface area contributed by atoms with E-state index in [1.807, 2.05) is 31.7 Å². The zero-order valence-corrected chi connectivity index (χ0v) is 10.1. The lowest BCUT2D eigenvalue weighted by Crippen LogP contribution is -1.97. The van der Waals surface area contributed by atoms with Crippen molar-refractivity contribution in [2.24, 2.45) is 0 Å². The van der Waals surface area contributed by atoms with Gasteiger partial charge in [0.2, 0.25) is 0 Å². The summed E-state index contributed by atoms with van der Waals surface area (Å²) in [6.07, 6.45) is 5.02. The first-order chi connectivity index (χ1) is 8.30. The van der Waals surface area contributed by atoms with E-state index >= 15 is 0 Å². The zero-order chi connectivity index (χ0) is 12.3. The van der Waals surface area contributed by atoms with Crippen LogP contribution >= 0.6 is 0 Å². The molecule has 4 heteroatoms. The predicted molar refractivity (Wildman–Crippen MR) is 71.2 cm³/mol. The Hall–Kier alpha value is -2.10. The van der Waals surface area contributed by atoms with Crippen molar-refractivity contribution in [2.45, 2.75) is 13.5 Å². The summed E-state index contributed by atoms with van der Waals surface area (Å²) in [7, 11) is 1.83. The molecule has 1 aromatic heterocycles. The minimum atomic E-state index is 0.859. The van der Waals surface area contributed by atoms with Crippen molar-refractivity contribution in [1.29, 1.82) is 5.41 Å². The highest BCUT2D eigenvalue weighted by molar-refractivity contribution is 6.09. The Morgan fingerprint density at radius 3 is 3.00 bits per heavy atom. The lowest BCUT2D eigenvalue weighted by Gasteiger charge is -2.04. The Balaban J connectivity index is 2.56. The Bertz CT molecular complexity index is 566. The van der Waals surface area contributed by atoms with Crippen LogP contribution in [0.4, 0.5) is 0 Å². The number of aryl methyl sites for hydroxylation is 1. The third-order valence-electron chi connectivity index (χ3n) is 2.75. The molecule has 0 radical (unpaired) electrons. The molecule has 0 saturated carbocycles. The molecule has 0 spiro atoms. The molecule has 2 rings (SSSR count). The number of fused-ring (bicyclic) bond motifs is 1. The minimum absolute atomic E-state index is 0.859. The van der Waals surface area contributed by atoms with Crippen LogP contribution in [0.1, 0.15) is 12.5 Å². The van der Waals surface area contributed by atoms with Crippen LogP contribution < -0.4 is 5.32 Å². The van der Waals surface area contributed by atoms with E-state index in [-0.39, 0.29) is 0 Å². The van der Waals surface area contributed by atoms with Gasteiger partial charge in [0, 0.05) is 31.6 Å².